The normalized spacial score (nSPS) is 11.2. The van der Waals surface area contributed by atoms with Crippen LogP contribution in [0.4, 0.5) is 13.2 Å². The van der Waals surface area contributed by atoms with Crippen LogP contribution >= 0.6 is 0 Å². The molecule has 0 radical (unpaired) electrons. The Morgan fingerprint density at radius 3 is 2.29 bits per heavy atom. The fraction of sp³-hybridized carbons (Fsp3) is 0.130. The minimum Gasteiger partial charge on any atom is -0.491 e. The molecule has 0 fully saturated rings. The third-order valence-corrected chi connectivity index (χ3v) is 4.27. The molecule has 2 nitrogen and oxygen atoms in total. The van der Waals surface area contributed by atoms with Gasteiger partial charge in [0.05, 0.1) is 13.2 Å². The lowest BCUT2D eigenvalue weighted by molar-refractivity contribution is 0.281. The quantitative estimate of drug-likeness (QED) is 0.542. The molecule has 0 bridgehead atoms. The number of hydrogen-bond acceptors (Lipinski definition) is 2. The monoisotopic (exact) mass is 384 g/mol. The van der Waals surface area contributed by atoms with Crippen LogP contribution in [0.1, 0.15) is 23.6 Å². The number of aliphatic hydroxyl groups is 1. The van der Waals surface area contributed by atoms with Crippen molar-refractivity contribution < 1.29 is 23.0 Å². The van der Waals surface area contributed by atoms with E-state index in [1.165, 1.54) is 18.2 Å². The molecular formula is C23H19F3O2. The third kappa shape index (κ3) is 4.26. The number of rotatable bonds is 6. The Balaban J connectivity index is 1.81. The topological polar surface area (TPSA) is 29.5 Å². The maximum absolute atomic E-state index is 14.3. The largest absolute Gasteiger partial charge is 0.491 e. The Labute approximate surface area is 161 Å². The van der Waals surface area contributed by atoms with Crippen molar-refractivity contribution in [3.8, 4) is 16.9 Å². The van der Waals surface area contributed by atoms with Gasteiger partial charge in [0, 0.05) is 11.1 Å². The van der Waals surface area contributed by atoms with Gasteiger partial charge in [0.25, 0.3) is 0 Å². The lowest BCUT2D eigenvalue weighted by atomic mass is 10.0. The van der Waals surface area contributed by atoms with Crippen molar-refractivity contribution >= 4 is 12.2 Å². The van der Waals surface area contributed by atoms with E-state index in [1.807, 2.05) is 0 Å². The molecule has 3 rings (SSSR count). The predicted molar refractivity (Wildman–Crippen MR) is 104 cm³/mol. The first-order valence-electron chi connectivity index (χ1n) is 8.82. The number of hydrogen-bond donors (Lipinski definition) is 1. The molecule has 0 amide bonds. The van der Waals surface area contributed by atoms with Crippen LogP contribution in [0.5, 0.6) is 5.75 Å². The number of aliphatic hydroxyl groups excluding tert-OH is 1. The summed E-state index contributed by atoms with van der Waals surface area (Å²) in [5.74, 6) is -2.51. The van der Waals surface area contributed by atoms with Gasteiger partial charge >= 0.3 is 0 Å². The van der Waals surface area contributed by atoms with Crippen molar-refractivity contribution in [3.05, 3.63) is 88.7 Å². The zero-order valence-corrected chi connectivity index (χ0v) is 15.3. The Hall–Kier alpha value is -3.05. The predicted octanol–water partition coefficient (Wildman–Crippen LogP) is 5.83. The van der Waals surface area contributed by atoms with E-state index in [4.69, 9.17) is 9.84 Å². The van der Waals surface area contributed by atoms with E-state index in [2.05, 4.69) is 0 Å². The van der Waals surface area contributed by atoms with Crippen LogP contribution in [0.25, 0.3) is 23.3 Å². The molecule has 0 spiro atoms. The van der Waals surface area contributed by atoms with Gasteiger partial charge in [-0.3, -0.25) is 0 Å². The average molecular weight is 384 g/mol. The standard InChI is InChI=1S/C23H19F3O2/c1-2-28-21-12-11-19(22(25)23(21)26)17-7-3-15(4-8-17)5-9-18-10-6-16(14-27)13-20(18)24/h3-13,27H,2,14H2,1H3/b9-5+. The van der Waals surface area contributed by atoms with E-state index in [-0.39, 0.29) is 24.5 Å². The van der Waals surface area contributed by atoms with Gasteiger partial charge in [-0.05, 0) is 41.8 Å². The minimum atomic E-state index is -1.01. The molecule has 0 aromatic heterocycles. The molecule has 144 valence electrons. The number of benzene rings is 3. The summed E-state index contributed by atoms with van der Waals surface area (Å²) >= 11 is 0. The first kappa shape index (κ1) is 19.7. The van der Waals surface area contributed by atoms with E-state index in [9.17, 15) is 13.2 Å². The first-order chi connectivity index (χ1) is 13.5. The smallest absolute Gasteiger partial charge is 0.201 e. The molecule has 0 unspecified atom stereocenters. The summed E-state index contributed by atoms with van der Waals surface area (Å²) in [7, 11) is 0. The molecule has 28 heavy (non-hydrogen) atoms. The second kappa shape index (κ2) is 8.76. The molecular weight excluding hydrogens is 365 g/mol. The summed E-state index contributed by atoms with van der Waals surface area (Å²) in [6.45, 7) is 1.73. The second-order valence-corrected chi connectivity index (χ2v) is 6.14. The molecule has 0 aliphatic carbocycles. The highest BCUT2D eigenvalue weighted by Crippen LogP contribution is 2.30. The summed E-state index contributed by atoms with van der Waals surface area (Å²) in [6, 6.07) is 14.2. The molecule has 3 aromatic rings. The third-order valence-electron chi connectivity index (χ3n) is 4.27. The van der Waals surface area contributed by atoms with Crippen molar-refractivity contribution in [2.45, 2.75) is 13.5 Å². The average Bonchev–Trinajstić information content (AvgIpc) is 2.71. The van der Waals surface area contributed by atoms with Gasteiger partial charge in [0.2, 0.25) is 5.82 Å². The van der Waals surface area contributed by atoms with Crippen molar-refractivity contribution in [1.82, 2.24) is 0 Å². The Kier molecular flexibility index (Phi) is 6.16. The van der Waals surface area contributed by atoms with Crippen LogP contribution in [0.2, 0.25) is 0 Å². The Morgan fingerprint density at radius 1 is 0.893 bits per heavy atom. The van der Waals surface area contributed by atoms with Crippen molar-refractivity contribution in [3.63, 3.8) is 0 Å². The molecule has 0 heterocycles. The van der Waals surface area contributed by atoms with Gasteiger partial charge in [-0.2, -0.15) is 4.39 Å². The zero-order chi connectivity index (χ0) is 20.1. The number of ether oxygens (including phenoxy) is 1. The summed E-state index contributed by atoms with van der Waals surface area (Å²) in [6.07, 6.45) is 3.33. The molecule has 0 atom stereocenters. The van der Waals surface area contributed by atoms with E-state index in [0.717, 1.165) is 5.56 Å². The minimum absolute atomic E-state index is 0.113. The maximum Gasteiger partial charge on any atom is 0.201 e. The highest BCUT2D eigenvalue weighted by molar-refractivity contribution is 5.72. The van der Waals surface area contributed by atoms with E-state index in [0.29, 0.717) is 16.7 Å². The van der Waals surface area contributed by atoms with E-state index >= 15 is 0 Å². The van der Waals surface area contributed by atoms with Gasteiger partial charge in [-0.15, -0.1) is 0 Å². The fourth-order valence-electron chi connectivity index (χ4n) is 2.79. The molecule has 0 aliphatic rings. The molecule has 1 N–H and O–H groups in total. The second-order valence-electron chi connectivity index (χ2n) is 6.14. The van der Waals surface area contributed by atoms with Crippen molar-refractivity contribution in [2.24, 2.45) is 0 Å². The van der Waals surface area contributed by atoms with Gasteiger partial charge < -0.3 is 9.84 Å². The SMILES string of the molecule is CCOc1ccc(-c2ccc(/C=C/c3ccc(CO)cc3F)cc2)c(F)c1F. The highest BCUT2D eigenvalue weighted by Gasteiger charge is 2.15. The zero-order valence-electron chi connectivity index (χ0n) is 15.3. The van der Waals surface area contributed by atoms with Gasteiger partial charge in [0.1, 0.15) is 5.82 Å². The maximum atomic E-state index is 14.3. The van der Waals surface area contributed by atoms with Crippen LogP contribution in [-0.4, -0.2) is 11.7 Å². The summed E-state index contributed by atoms with van der Waals surface area (Å²) in [4.78, 5) is 0. The fourth-order valence-corrected chi connectivity index (χ4v) is 2.79. The van der Waals surface area contributed by atoms with Crippen molar-refractivity contribution in [1.29, 1.82) is 0 Å². The van der Waals surface area contributed by atoms with Crippen LogP contribution in [0.15, 0.2) is 54.6 Å². The lowest BCUT2D eigenvalue weighted by Gasteiger charge is -2.09. The molecule has 0 saturated heterocycles. The first-order valence-corrected chi connectivity index (χ1v) is 8.82. The van der Waals surface area contributed by atoms with Gasteiger partial charge in [-0.1, -0.05) is 48.6 Å². The molecule has 0 aliphatic heterocycles. The van der Waals surface area contributed by atoms with Gasteiger partial charge in [-0.25, -0.2) is 8.78 Å². The molecule has 0 saturated carbocycles. The summed E-state index contributed by atoms with van der Waals surface area (Å²) in [5, 5.41) is 9.02. The summed E-state index contributed by atoms with van der Waals surface area (Å²) in [5.41, 5.74) is 2.34. The van der Waals surface area contributed by atoms with Crippen LogP contribution in [0.3, 0.4) is 0 Å². The Bertz CT molecular complexity index is 995. The van der Waals surface area contributed by atoms with E-state index < -0.39 is 17.5 Å². The highest BCUT2D eigenvalue weighted by atomic mass is 19.2. The molecule has 3 aromatic carbocycles. The van der Waals surface area contributed by atoms with Crippen LogP contribution in [-0.2, 0) is 6.61 Å². The number of halogens is 3. The lowest BCUT2D eigenvalue weighted by Crippen LogP contribution is -1.98. The summed E-state index contributed by atoms with van der Waals surface area (Å²) < 4.78 is 47.4. The van der Waals surface area contributed by atoms with E-state index in [1.54, 1.807) is 55.5 Å². The van der Waals surface area contributed by atoms with Crippen LogP contribution in [0, 0.1) is 17.5 Å². The Morgan fingerprint density at radius 2 is 1.64 bits per heavy atom. The molecule has 5 heteroatoms. The van der Waals surface area contributed by atoms with Gasteiger partial charge in [0.15, 0.2) is 11.6 Å². The van der Waals surface area contributed by atoms with Crippen molar-refractivity contribution in [2.75, 3.05) is 6.61 Å². The van der Waals surface area contributed by atoms with Crippen LogP contribution < -0.4 is 4.74 Å².